The summed E-state index contributed by atoms with van der Waals surface area (Å²) < 4.78 is 1.14. The summed E-state index contributed by atoms with van der Waals surface area (Å²) in [6.45, 7) is 2.19. The third-order valence-corrected chi connectivity index (χ3v) is 5.59. The van der Waals surface area contributed by atoms with E-state index >= 15 is 0 Å². The van der Waals surface area contributed by atoms with Crippen molar-refractivity contribution in [1.29, 1.82) is 0 Å². The van der Waals surface area contributed by atoms with Crippen molar-refractivity contribution in [3.8, 4) is 0 Å². The molecule has 19 heavy (non-hydrogen) atoms. The molecule has 2 unspecified atom stereocenters. The molecule has 102 valence electrons. The highest BCUT2D eigenvalue weighted by Crippen LogP contribution is 2.36. The van der Waals surface area contributed by atoms with Gasteiger partial charge in [-0.15, -0.1) is 0 Å². The summed E-state index contributed by atoms with van der Waals surface area (Å²) in [7, 11) is 0. The standard InChI is InChI=1S/C15H19BrN2S/c1-2-10-8-12(16)6-7-14(10)18-15-17-13-5-3-4-11(13)9-19-15/h6-8,11,13H,2-5,9H2,1H3,(H,17,18). The number of anilines is 1. The maximum absolute atomic E-state index is 4.89. The Morgan fingerprint density at radius 1 is 1.42 bits per heavy atom. The van der Waals surface area contributed by atoms with Crippen LogP contribution in [0.1, 0.15) is 31.7 Å². The van der Waals surface area contributed by atoms with Gasteiger partial charge in [-0.1, -0.05) is 41.0 Å². The zero-order valence-electron chi connectivity index (χ0n) is 11.2. The number of halogens is 1. The van der Waals surface area contributed by atoms with Gasteiger partial charge >= 0.3 is 0 Å². The first-order valence-corrected chi connectivity index (χ1v) is 8.80. The molecule has 3 rings (SSSR count). The summed E-state index contributed by atoms with van der Waals surface area (Å²) in [4.78, 5) is 4.89. The molecular weight excluding hydrogens is 320 g/mol. The lowest BCUT2D eigenvalue weighted by molar-refractivity contribution is 0.535. The first-order valence-electron chi connectivity index (χ1n) is 7.02. The Morgan fingerprint density at radius 3 is 3.16 bits per heavy atom. The van der Waals surface area contributed by atoms with Gasteiger partial charge in [0.05, 0.1) is 6.04 Å². The third kappa shape index (κ3) is 3.00. The van der Waals surface area contributed by atoms with E-state index in [2.05, 4.69) is 46.4 Å². The van der Waals surface area contributed by atoms with Crippen molar-refractivity contribution in [3.63, 3.8) is 0 Å². The Morgan fingerprint density at radius 2 is 2.32 bits per heavy atom. The van der Waals surface area contributed by atoms with E-state index in [1.54, 1.807) is 0 Å². The van der Waals surface area contributed by atoms with Crippen LogP contribution in [0.3, 0.4) is 0 Å². The maximum Gasteiger partial charge on any atom is 0.161 e. The molecule has 2 atom stereocenters. The average molecular weight is 339 g/mol. The van der Waals surface area contributed by atoms with Crippen molar-refractivity contribution >= 4 is 38.5 Å². The van der Waals surface area contributed by atoms with E-state index in [-0.39, 0.29) is 0 Å². The number of hydrogen-bond donors (Lipinski definition) is 1. The van der Waals surface area contributed by atoms with Crippen LogP contribution in [0.4, 0.5) is 5.69 Å². The molecule has 0 saturated heterocycles. The molecule has 1 aromatic carbocycles. The quantitative estimate of drug-likeness (QED) is 0.845. The van der Waals surface area contributed by atoms with Crippen LogP contribution < -0.4 is 5.32 Å². The zero-order chi connectivity index (χ0) is 13.2. The van der Waals surface area contributed by atoms with Gasteiger partial charge in [-0.2, -0.15) is 0 Å². The Bertz CT molecular complexity index is 501. The highest BCUT2D eigenvalue weighted by molar-refractivity contribution is 9.10. The minimum atomic E-state index is 0.573. The highest BCUT2D eigenvalue weighted by atomic mass is 79.9. The topological polar surface area (TPSA) is 24.4 Å². The molecule has 4 heteroatoms. The van der Waals surface area contributed by atoms with Crippen molar-refractivity contribution in [3.05, 3.63) is 28.2 Å². The molecule has 1 N–H and O–H groups in total. The van der Waals surface area contributed by atoms with Crippen LogP contribution in [-0.2, 0) is 6.42 Å². The maximum atomic E-state index is 4.89. The van der Waals surface area contributed by atoms with E-state index < -0.39 is 0 Å². The predicted molar refractivity (Wildman–Crippen MR) is 88.2 cm³/mol. The van der Waals surface area contributed by atoms with Gasteiger partial charge in [-0.05, 0) is 48.9 Å². The summed E-state index contributed by atoms with van der Waals surface area (Å²) in [5.41, 5.74) is 2.54. The van der Waals surface area contributed by atoms with Crippen LogP contribution in [-0.4, -0.2) is 17.0 Å². The second kappa shape index (κ2) is 5.88. The second-order valence-electron chi connectivity index (χ2n) is 5.28. The molecule has 0 aromatic heterocycles. The van der Waals surface area contributed by atoms with E-state index in [4.69, 9.17) is 4.99 Å². The largest absolute Gasteiger partial charge is 0.335 e. The molecule has 1 aliphatic carbocycles. The summed E-state index contributed by atoms with van der Waals surface area (Å²) >= 11 is 5.42. The molecule has 1 fully saturated rings. The van der Waals surface area contributed by atoms with Crippen molar-refractivity contribution in [2.24, 2.45) is 10.9 Å². The van der Waals surface area contributed by atoms with E-state index in [1.807, 2.05) is 11.8 Å². The highest BCUT2D eigenvalue weighted by Gasteiger charge is 2.31. The first-order chi connectivity index (χ1) is 9.26. The fourth-order valence-corrected chi connectivity index (χ4v) is 4.48. The van der Waals surface area contributed by atoms with Crippen molar-refractivity contribution in [1.82, 2.24) is 0 Å². The van der Waals surface area contributed by atoms with Gasteiger partial charge in [-0.3, -0.25) is 4.99 Å². The molecule has 0 spiro atoms. The monoisotopic (exact) mass is 338 g/mol. The van der Waals surface area contributed by atoms with Crippen molar-refractivity contribution in [2.75, 3.05) is 11.1 Å². The van der Waals surface area contributed by atoms with E-state index in [0.29, 0.717) is 6.04 Å². The molecule has 1 heterocycles. The zero-order valence-corrected chi connectivity index (χ0v) is 13.6. The van der Waals surface area contributed by atoms with Gasteiger partial charge in [0.25, 0.3) is 0 Å². The van der Waals surface area contributed by atoms with E-state index in [0.717, 1.165) is 22.0 Å². The average Bonchev–Trinajstić information content (AvgIpc) is 2.88. The molecule has 2 aliphatic rings. The molecule has 0 amide bonds. The van der Waals surface area contributed by atoms with Crippen LogP contribution in [0.15, 0.2) is 27.7 Å². The van der Waals surface area contributed by atoms with E-state index in [9.17, 15) is 0 Å². The Labute approximate surface area is 127 Å². The minimum absolute atomic E-state index is 0.573. The number of rotatable bonds is 2. The Kier molecular flexibility index (Phi) is 4.18. The number of aliphatic imine (C=N–C) groups is 1. The molecular formula is C15H19BrN2S. The van der Waals surface area contributed by atoms with Gasteiger partial charge in [0.1, 0.15) is 0 Å². The normalized spacial score (nSPS) is 25.9. The molecule has 1 saturated carbocycles. The van der Waals surface area contributed by atoms with Gasteiger partial charge < -0.3 is 5.32 Å². The number of aryl methyl sites for hydroxylation is 1. The van der Waals surface area contributed by atoms with Crippen molar-refractivity contribution in [2.45, 2.75) is 38.6 Å². The molecule has 1 aliphatic heterocycles. The lowest BCUT2D eigenvalue weighted by Gasteiger charge is -2.24. The van der Waals surface area contributed by atoms with Crippen LogP contribution in [0.2, 0.25) is 0 Å². The van der Waals surface area contributed by atoms with Crippen LogP contribution in [0, 0.1) is 5.92 Å². The molecule has 0 radical (unpaired) electrons. The number of hydrogen-bond acceptors (Lipinski definition) is 3. The summed E-state index contributed by atoms with van der Waals surface area (Å²) in [6, 6.07) is 7.00. The van der Waals surface area contributed by atoms with E-state index in [1.165, 1.54) is 36.3 Å². The van der Waals surface area contributed by atoms with Crippen LogP contribution in [0.25, 0.3) is 0 Å². The smallest absolute Gasteiger partial charge is 0.161 e. The van der Waals surface area contributed by atoms with Gasteiger partial charge in [0, 0.05) is 15.9 Å². The van der Waals surface area contributed by atoms with Crippen LogP contribution in [0.5, 0.6) is 0 Å². The fraction of sp³-hybridized carbons (Fsp3) is 0.533. The fourth-order valence-electron chi connectivity index (χ4n) is 2.92. The minimum Gasteiger partial charge on any atom is -0.335 e. The van der Waals surface area contributed by atoms with Crippen LogP contribution >= 0.6 is 27.7 Å². The Hall–Kier alpha value is -0.480. The first kappa shape index (κ1) is 13.5. The third-order valence-electron chi connectivity index (χ3n) is 4.03. The van der Waals surface area contributed by atoms with Gasteiger partial charge in [-0.25, -0.2) is 0 Å². The van der Waals surface area contributed by atoms with Crippen molar-refractivity contribution < 1.29 is 0 Å². The number of benzene rings is 1. The number of nitrogens with zero attached hydrogens (tertiary/aromatic N) is 1. The lowest BCUT2D eigenvalue weighted by atomic mass is 10.1. The summed E-state index contributed by atoms with van der Waals surface area (Å²) in [5, 5.41) is 4.64. The van der Waals surface area contributed by atoms with Gasteiger partial charge in [0.2, 0.25) is 0 Å². The lowest BCUT2D eigenvalue weighted by Crippen LogP contribution is -2.25. The summed E-state index contributed by atoms with van der Waals surface area (Å²) in [6.07, 6.45) is 5.03. The number of thioether (sulfide) groups is 1. The molecule has 2 nitrogen and oxygen atoms in total. The second-order valence-corrected chi connectivity index (χ2v) is 7.21. The van der Waals surface area contributed by atoms with Gasteiger partial charge in [0.15, 0.2) is 5.17 Å². The number of amidine groups is 1. The Balaban J connectivity index is 1.78. The molecule has 1 aromatic rings. The number of nitrogens with one attached hydrogen (secondary N) is 1. The predicted octanol–water partition coefficient (Wildman–Crippen LogP) is 4.69. The summed E-state index contributed by atoms with van der Waals surface area (Å²) in [5.74, 6) is 2.06. The SMILES string of the molecule is CCc1cc(Br)ccc1NC1=NC2CCCC2CS1. The number of fused-ring (bicyclic) bond motifs is 1. The molecule has 0 bridgehead atoms.